The second kappa shape index (κ2) is 8.45. The number of hydrogen-bond donors (Lipinski definition) is 3. The van der Waals surface area contributed by atoms with Gasteiger partial charge in [-0.05, 0) is 62.4 Å². The van der Waals surface area contributed by atoms with Crippen molar-refractivity contribution in [3.8, 4) is 0 Å². The standard InChI is InChI=1S/C19H27N3O3/c20-12-14-2-1-3-17(14)19(24)22-15-6-4-13(5-7-15)18(23)21-16-8-10-25-11-9-16/h4-7,14,16-17H,1-3,8-12,20H2,(H,21,23)(H,22,24)/t14-,17-/m1/s1. The minimum absolute atomic E-state index is 0.00138. The van der Waals surface area contributed by atoms with Crippen LogP contribution in [0.3, 0.4) is 0 Å². The summed E-state index contributed by atoms with van der Waals surface area (Å²) in [5, 5.41) is 5.99. The van der Waals surface area contributed by atoms with Crippen LogP contribution in [-0.4, -0.2) is 37.6 Å². The van der Waals surface area contributed by atoms with Crippen molar-refractivity contribution in [2.45, 2.75) is 38.1 Å². The maximum atomic E-state index is 12.4. The Morgan fingerprint density at radius 1 is 1.08 bits per heavy atom. The van der Waals surface area contributed by atoms with E-state index in [0.717, 1.165) is 37.8 Å². The van der Waals surface area contributed by atoms with Crippen molar-refractivity contribution in [2.75, 3.05) is 25.1 Å². The van der Waals surface area contributed by atoms with Crippen molar-refractivity contribution in [3.63, 3.8) is 0 Å². The van der Waals surface area contributed by atoms with Gasteiger partial charge >= 0.3 is 0 Å². The van der Waals surface area contributed by atoms with Crippen molar-refractivity contribution in [1.82, 2.24) is 5.32 Å². The molecule has 3 rings (SSSR count). The van der Waals surface area contributed by atoms with Gasteiger partial charge in [0.25, 0.3) is 5.91 Å². The van der Waals surface area contributed by atoms with Crippen LogP contribution in [0.2, 0.25) is 0 Å². The van der Waals surface area contributed by atoms with Gasteiger partial charge in [0.15, 0.2) is 0 Å². The average molecular weight is 345 g/mol. The lowest BCUT2D eigenvalue weighted by molar-refractivity contribution is -0.120. The molecular formula is C19H27N3O3. The van der Waals surface area contributed by atoms with E-state index in [1.54, 1.807) is 24.3 Å². The van der Waals surface area contributed by atoms with Crippen LogP contribution >= 0.6 is 0 Å². The van der Waals surface area contributed by atoms with Gasteiger partial charge in [0.1, 0.15) is 0 Å². The summed E-state index contributed by atoms with van der Waals surface area (Å²) in [6.07, 6.45) is 4.69. The maximum Gasteiger partial charge on any atom is 0.251 e. The fraction of sp³-hybridized carbons (Fsp3) is 0.579. The third kappa shape index (κ3) is 4.58. The zero-order chi connectivity index (χ0) is 17.6. The monoisotopic (exact) mass is 345 g/mol. The summed E-state index contributed by atoms with van der Waals surface area (Å²) in [5.41, 5.74) is 7.07. The molecule has 1 aliphatic heterocycles. The Kier molecular flexibility index (Phi) is 6.04. The van der Waals surface area contributed by atoms with Crippen LogP contribution in [0.25, 0.3) is 0 Å². The van der Waals surface area contributed by atoms with E-state index < -0.39 is 0 Å². The normalized spacial score (nSPS) is 24.0. The van der Waals surface area contributed by atoms with Gasteiger partial charge in [-0.2, -0.15) is 0 Å². The van der Waals surface area contributed by atoms with Crippen molar-refractivity contribution in [1.29, 1.82) is 0 Å². The van der Waals surface area contributed by atoms with Gasteiger partial charge < -0.3 is 21.1 Å². The Balaban J connectivity index is 1.54. The van der Waals surface area contributed by atoms with Crippen LogP contribution in [-0.2, 0) is 9.53 Å². The molecule has 0 spiro atoms. The van der Waals surface area contributed by atoms with Crippen LogP contribution in [0.4, 0.5) is 5.69 Å². The van der Waals surface area contributed by atoms with Gasteiger partial charge in [-0.25, -0.2) is 0 Å². The van der Waals surface area contributed by atoms with E-state index in [1.165, 1.54) is 0 Å². The quantitative estimate of drug-likeness (QED) is 0.760. The highest BCUT2D eigenvalue weighted by Gasteiger charge is 2.31. The molecule has 2 aliphatic rings. The van der Waals surface area contributed by atoms with Crippen LogP contribution < -0.4 is 16.4 Å². The number of ether oxygens (including phenoxy) is 1. The van der Waals surface area contributed by atoms with Crippen LogP contribution in [0.1, 0.15) is 42.5 Å². The lowest BCUT2D eigenvalue weighted by atomic mass is 9.95. The van der Waals surface area contributed by atoms with Crippen molar-refractivity contribution in [3.05, 3.63) is 29.8 Å². The van der Waals surface area contributed by atoms with E-state index in [-0.39, 0.29) is 29.7 Å². The van der Waals surface area contributed by atoms with Gasteiger partial charge in [-0.3, -0.25) is 9.59 Å². The van der Waals surface area contributed by atoms with Gasteiger partial charge in [-0.15, -0.1) is 0 Å². The van der Waals surface area contributed by atoms with Crippen LogP contribution in [0.15, 0.2) is 24.3 Å². The SMILES string of the molecule is NC[C@H]1CCC[C@H]1C(=O)Nc1ccc(C(=O)NC2CCOCC2)cc1. The van der Waals surface area contributed by atoms with Crippen molar-refractivity contribution in [2.24, 2.45) is 17.6 Å². The molecule has 0 aromatic heterocycles. The molecule has 6 nitrogen and oxygen atoms in total. The van der Waals surface area contributed by atoms with Crippen molar-refractivity contribution < 1.29 is 14.3 Å². The first-order valence-corrected chi connectivity index (χ1v) is 9.17. The number of anilines is 1. The number of rotatable bonds is 5. The Bertz CT molecular complexity index is 596. The fourth-order valence-electron chi connectivity index (χ4n) is 3.71. The van der Waals surface area contributed by atoms with E-state index in [1.807, 2.05) is 0 Å². The van der Waals surface area contributed by atoms with E-state index in [9.17, 15) is 9.59 Å². The summed E-state index contributed by atoms with van der Waals surface area (Å²) in [4.78, 5) is 24.7. The number of carbonyl (C=O) groups excluding carboxylic acids is 2. The topological polar surface area (TPSA) is 93.5 Å². The molecule has 1 heterocycles. The Morgan fingerprint density at radius 2 is 1.80 bits per heavy atom. The molecule has 1 saturated carbocycles. The molecule has 2 fully saturated rings. The minimum Gasteiger partial charge on any atom is -0.381 e. The molecule has 0 radical (unpaired) electrons. The summed E-state index contributed by atoms with van der Waals surface area (Å²) in [5.74, 6) is 0.238. The lowest BCUT2D eigenvalue weighted by Crippen LogP contribution is -2.38. The molecule has 0 bridgehead atoms. The Morgan fingerprint density at radius 3 is 2.48 bits per heavy atom. The highest BCUT2D eigenvalue weighted by molar-refractivity contribution is 5.96. The van der Waals surface area contributed by atoms with E-state index >= 15 is 0 Å². The van der Waals surface area contributed by atoms with E-state index in [4.69, 9.17) is 10.5 Å². The molecular weight excluding hydrogens is 318 g/mol. The van der Waals surface area contributed by atoms with Gasteiger partial charge in [-0.1, -0.05) is 6.42 Å². The number of nitrogens with one attached hydrogen (secondary N) is 2. The lowest BCUT2D eigenvalue weighted by Gasteiger charge is -2.23. The molecule has 1 aromatic carbocycles. The molecule has 0 unspecified atom stereocenters. The second-order valence-electron chi connectivity index (χ2n) is 6.96. The van der Waals surface area contributed by atoms with Gasteiger partial charge in [0, 0.05) is 36.4 Å². The maximum absolute atomic E-state index is 12.4. The average Bonchev–Trinajstić information content (AvgIpc) is 3.12. The van der Waals surface area contributed by atoms with Gasteiger partial charge in [0.05, 0.1) is 0 Å². The Labute approximate surface area is 148 Å². The molecule has 6 heteroatoms. The third-order valence-electron chi connectivity index (χ3n) is 5.27. The number of hydrogen-bond acceptors (Lipinski definition) is 4. The number of nitrogens with two attached hydrogens (primary N) is 1. The predicted molar refractivity (Wildman–Crippen MR) is 96.3 cm³/mol. The predicted octanol–water partition coefficient (Wildman–Crippen LogP) is 1.91. The van der Waals surface area contributed by atoms with Crippen LogP contribution in [0.5, 0.6) is 0 Å². The molecule has 2 atom stereocenters. The highest BCUT2D eigenvalue weighted by Crippen LogP contribution is 2.31. The largest absolute Gasteiger partial charge is 0.381 e. The number of benzene rings is 1. The molecule has 1 saturated heterocycles. The molecule has 1 aromatic rings. The summed E-state index contributed by atoms with van der Waals surface area (Å²) in [6.45, 7) is 1.95. The summed E-state index contributed by atoms with van der Waals surface area (Å²) < 4.78 is 5.30. The highest BCUT2D eigenvalue weighted by atomic mass is 16.5. The van der Waals surface area contributed by atoms with Crippen LogP contribution in [0, 0.1) is 11.8 Å². The third-order valence-corrected chi connectivity index (χ3v) is 5.27. The molecule has 1 aliphatic carbocycles. The summed E-state index contributed by atoms with van der Waals surface area (Å²) >= 11 is 0. The van der Waals surface area contributed by atoms with Gasteiger partial charge in [0.2, 0.25) is 5.91 Å². The first-order valence-electron chi connectivity index (χ1n) is 9.17. The molecule has 4 N–H and O–H groups in total. The zero-order valence-corrected chi connectivity index (χ0v) is 14.5. The van der Waals surface area contributed by atoms with E-state index in [2.05, 4.69) is 10.6 Å². The first kappa shape index (κ1) is 17.9. The van der Waals surface area contributed by atoms with Crippen molar-refractivity contribution >= 4 is 17.5 Å². The smallest absolute Gasteiger partial charge is 0.251 e. The fourth-order valence-corrected chi connectivity index (χ4v) is 3.71. The first-order chi connectivity index (χ1) is 12.2. The molecule has 25 heavy (non-hydrogen) atoms. The zero-order valence-electron chi connectivity index (χ0n) is 14.5. The minimum atomic E-state index is -0.0798. The number of amides is 2. The summed E-state index contributed by atoms with van der Waals surface area (Å²) in [7, 11) is 0. The van der Waals surface area contributed by atoms with E-state index in [0.29, 0.717) is 25.3 Å². The number of carbonyl (C=O) groups is 2. The Hall–Kier alpha value is -1.92. The summed E-state index contributed by atoms with van der Waals surface area (Å²) in [6, 6.07) is 7.24. The molecule has 136 valence electrons. The molecule has 2 amide bonds. The second-order valence-corrected chi connectivity index (χ2v) is 6.96.